The first kappa shape index (κ1) is 12.2. The van der Waals surface area contributed by atoms with E-state index in [1.165, 1.54) is 6.26 Å². The average molecular weight is 301 g/mol. The van der Waals surface area contributed by atoms with Crippen LogP contribution in [-0.2, 0) is 4.79 Å². The molecule has 17 heavy (non-hydrogen) atoms. The van der Waals surface area contributed by atoms with Gasteiger partial charge in [-0.2, -0.15) is 0 Å². The minimum absolute atomic E-state index is 0.143. The second kappa shape index (κ2) is 4.18. The molecule has 1 fully saturated rings. The fraction of sp³-hybridized carbons (Fsp3) is 0.455. The topological polar surface area (TPSA) is 76.5 Å². The van der Waals surface area contributed by atoms with E-state index < -0.39 is 5.41 Å². The van der Waals surface area contributed by atoms with Gasteiger partial charge in [0.1, 0.15) is 0 Å². The second-order valence-corrected chi connectivity index (χ2v) is 5.23. The number of carbonyl (C=O) groups excluding carboxylic acids is 2. The number of rotatable bonds is 2. The number of likely N-dealkylation sites (tertiary alicyclic amines) is 1. The van der Waals surface area contributed by atoms with Crippen LogP contribution in [-0.4, -0.2) is 29.8 Å². The van der Waals surface area contributed by atoms with Crippen molar-refractivity contribution in [3.63, 3.8) is 0 Å². The Hall–Kier alpha value is -1.30. The van der Waals surface area contributed by atoms with Gasteiger partial charge >= 0.3 is 0 Å². The van der Waals surface area contributed by atoms with Crippen molar-refractivity contribution in [2.45, 2.75) is 13.3 Å². The maximum atomic E-state index is 12.1. The number of furan rings is 1. The molecular weight excluding hydrogens is 288 g/mol. The summed E-state index contributed by atoms with van der Waals surface area (Å²) < 4.78 is 5.43. The van der Waals surface area contributed by atoms with Crippen molar-refractivity contribution >= 4 is 27.7 Å². The first-order valence-electron chi connectivity index (χ1n) is 5.26. The molecule has 6 heteroatoms. The molecule has 0 aromatic carbocycles. The van der Waals surface area contributed by atoms with Gasteiger partial charge in [0.2, 0.25) is 5.91 Å². The van der Waals surface area contributed by atoms with Gasteiger partial charge in [-0.25, -0.2) is 0 Å². The van der Waals surface area contributed by atoms with Crippen molar-refractivity contribution < 1.29 is 14.0 Å². The van der Waals surface area contributed by atoms with Crippen molar-refractivity contribution in [3.8, 4) is 0 Å². The molecule has 1 aromatic rings. The molecule has 2 heterocycles. The summed E-state index contributed by atoms with van der Waals surface area (Å²) in [6, 6.07) is 1.60. The van der Waals surface area contributed by atoms with Crippen molar-refractivity contribution in [1.29, 1.82) is 0 Å². The lowest BCUT2D eigenvalue weighted by atomic mass is 9.89. The lowest BCUT2D eigenvalue weighted by Gasteiger charge is -2.20. The van der Waals surface area contributed by atoms with Crippen LogP contribution in [0.25, 0.3) is 0 Å². The number of carbonyl (C=O) groups is 2. The van der Waals surface area contributed by atoms with Gasteiger partial charge in [0.25, 0.3) is 5.91 Å². The van der Waals surface area contributed by atoms with Crippen LogP contribution in [0.5, 0.6) is 0 Å². The van der Waals surface area contributed by atoms with Gasteiger partial charge < -0.3 is 15.1 Å². The zero-order valence-electron chi connectivity index (χ0n) is 9.40. The highest BCUT2D eigenvalue weighted by Gasteiger charge is 2.41. The highest BCUT2D eigenvalue weighted by Crippen LogP contribution is 2.31. The van der Waals surface area contributed by atoms with Gasteiger partial charge in [-0.3, -0.25) is 9.59 Å². The molecule has 2 amide bonds. The van der Waals surface area contributed by atoms with E-state index >= 15 is 0 Å². The van der Waals surface area contributed by atoms with Gasteiger partial charge in [-0.1, -0.05) is 0 Å². The summed E-state index contributed by atoms with van der Waals surface area (Å²) in [7, 11) is 0. The number of nitrogens with two attached hydrogens (primary N) is 1. The fourth-order valence-corrected chi connectivity index (χ4v) is 2.36. The Bertz CT molecular complexity index is 471. The molecule has 1 saturated heterocycles. The van der Waals surface area contributed by atoms with E-state index in [4.69, 9.17) is 10.2 Å². The molecule has 1 unspecified atom stereocenters. The largest absolute Gasteiger partial charge is 0.457 e. The predicted molar refractivity (Wildman–Crippen MR) is 64.2 cm³/mol. The molecule has 2 rings (SSSR count). The first-order valence-corrected chi connectivity index (χ1v) is 6.05. The molecule has 5 nitrogen and oxygen atoms in total. The number of halogens is 1. The lowest BCUT2D eigenvalue weighted by molar-refractivity contribution is -0.126. The van der Waals surface area contributed by atoms with Crippen LogP contribution in [0.4, 0.5) is 0 Å². The average Bonchev–Trinajstić information content (AvgIpc) is 2.85. The molecule has 1 atom stereocenters. The minimum Gasteiger partial charge on any atom is -0.457 e. The summed E-state index contributed by atoms with van der Waals surface area (Å²) in [5.74, 6) is -0.505. The summed E-state index contributed by atoms with van der Waals surface area (Å²) >= 11 is 3.17. The van der Waals surface area contributed by atoms with Crippen molar-refractivity contribution in [2.75, 3.05) is 13.1 Å². The number of primary amides is 1. The summed E-state index contributed by atoms with van der Waals surface area (Å²) in [6.45, 7) is 2.68. The van der Waals surface area contributed by atoms with E-state index in [-0.39, 0.29) is 11.8 Å². The molecular formula is C11H13BrN2O3. The molecule has 0 radical (unpaired) electrons. The molecule has 1 aliphatic rings. The molecule has 92 valence electrons. The SMILES string of the molecule is CC1(C(N)=O)CCN(C(=O)c2ccoc2Br)C1. The highest BCUT2D eigenvalue weighted by molar-refractivity contribution is 9.10. The zero-order chi connectivity index (χ0) is 12.6. The van der Waals surface area contributed by atoms with E-state index in [1.54, 1.807) is 17.9 Å². The minimum atomic E-state index is -0.619. The van der Waals surface area contributed by atoms with Gasteiger partial charge in [-0.05, 0) is 35.3 Å². The molecule has 0 aliphatic carbocycles. The van der Waals surface area contributed by atoms with E-state index in [2.05, 4.69) is 15.9 Å². The third-order valence-corrected chi connectivity index (χ3v) is 3.82. The quantitative estimate of drug-likeness (QED) is 0.896. The van der Waals surface area contributed by atoms with E-state index in [1.807, 2.05) is 0 Å². The zero-order valence-corrected chi connectivity index (χ0v) is 11.0. The number of nitrogens with zero attached hydrogens (tertiary/aromatic N) is 1. The van der Waals surface area contributed by atoms with E-state index in [9.17, 15) is 9.59 Å². The summed E-state index contributed by atoms with van der Waals surface area (Å²) in [5, 5.41) is 0. The van der Waals surface area contributed by atoms with Gasteiger partial charge in [-0.15, -0.1) is 0 Å². The number of hydrogen-bond donors (Lipinski definition) is 1. The summed E-state index contributed by atoms with van der Waals surface area (Å²) in [4.78, 5) is 25.0. The number of amides is 2. The van der Waals surface area contributed by atoms with Crippen LogP contribution in [0.1, 0.15) is 23.7 Å². The molecule has 0 saturated carbocycles. The monoisotopic (exact) mass is 300 g/mol. The normalized spacial score (nSPS) is 24.0. The first-order chi connectivity index (χ1) is 7.94. The van der Waals surface area contributed by atoms with Crippen LogP contribution in [0.15, 0.2) is 21.4 Å². The maximum absolute atomic E-state index is 12.1. The molecule has 0 spiro atoms. The van der Waals surface area contributed by atoms with Gasteiger partial charge in [0.05, 0.1) is 17.2 Å². The van der Waals surface area contributed by atoms with Crippen molar-refractivity contribution in [2.24, 2.45) is 11.1 Å². The Morgan fingerprint density at radius 1 is 1.59 bits per heavy atom. The molecule has 2 N–H and O–H groups in total. The second-order valence-electron chi connectivity index (χ2n) is 4.51. The third-order valence-electron chi connectivity index (χ3n) is 3.20. The summed E-state index contributed by atoms with van der Waals surface area (Å²) in [5.41, 5.74) is 5.19. The third kappa shape index (κ3) is 2.09. The molecule has 0 bridgehead atoms. The molecule has 1 aromatic heterocycles. The van der Waals surface area contributed by atoms with E-state index in [0.717, 1.165) is 0 Å². The smallest absolute Gasteiger partial charge is 0.258 e. The predicted octanol–water partition coefficient (Wildman–Crippen LogP) is 1.38. The Morgan fingerprint density at radius 3 is 2.76 bits per heavy atom. The Balaban J connectivity index is 2.15. The lowest BCUT2D eigenvalue weighted by Crippen LogP contribution is -2.38. The van der Waals surface area contributed by atoms with Crippen LogP contribution in [0.3, 0.4) is 0 Å². The highest BCUT2D eigenvalue weighted by atomic mass is 79.9. The Morgan fingerprint density at radius 2 is 2.29 bits per heavy atom. The van der Waals surface area contributed by atoms with Gasteiger partial charge in [0, 0.05) is 13.1 Å². The maximum Gasteiger partial charge on any atom is 0.258 e. The van der Waals surface area contributed by atoms with Gasteiger partial charge in [0.15, 0.2) is 4.67 Å². The standard InChI is InChI=1S/C11H13BrN2O3/c1-11(10(13)16)3-4-14(6-11)9(15)7-2-5-17-8(7)12/h2,5H,3-4,6H2,1H3,(H2,13,16). The van der Waals surface area contributed by atoms with E-state index in [0.29, 0.717) is 29.7 Å². The van der Waals surface area contributed by atoms with Crippen LogP contribution < -0.4 is 5.73 Å². The van der Waals surface area contributed by atoms with Crippen LogP contribution in [0.2, 0.25) is 0 Å². The van der Waals surface area contributed by atoms with Crippen molar-refractivity contribution in [1.82, 2.24) is 4.90 Å². The number of hydrogen-bond acceptors (Lipinski definition) is 3. The van der Waals surface area contributed by atoms with Crippen LogP contribution >= 0.6 is 15.9 Å². The Kier molecular flexibility index (Phi) is 2.99. The summed E-state index contributed by atoms with van der Waals surface area (Å²) in [6.07, 6.45) is 2.05. The molecule has 1 aliphatic heterocycles. The van der Waals surface area contributed by atoms with Crippen LogP contribution in [0, 0.1) is 5.41 Å². The fourth-order valence-electron chi connectivity index (χ4n) is 1.95. The van der Waals surface area contributed by atoms with Crippen molar-refractivity contribution in [3.05, 3.63) is 22.6 Å². The Labute approximate surface area is 107 Å².